The molecule has 3 heteroatoms. The molecule has 0 spiro atoms. The van der Waals surface area contributed by atoms with Crippen molar-refractivity contribution in [1.29, 1.82) is 0 Å². The second-order valence-corrected chi connectivity index (χ2v) is 7.26. The van der Waals surface area contributed by atoms with E-state index in [0.29, 0.717) is 17.6 Å². The van der Waals surface area contributed by atoms with Gasteiger partial charge in [-0.15, -0.1) is 0 Å². The molecule has 1 aliphatic heterocycles. The van der Waals surface area contributed by atoms with E-state index < -0.39 is 0 Å². The summed E-state index contributed by atoms with van der Waals surface area (Å²) in [5.74, 6) is 0.865. The second-order valence-electron chi connectivity index (χ2n) is 6.82. The van der Waals surface area contributed by atoms with Crippen LogP contribution in [0.3, 0.4) is 0 Å². The summed E-state index contributed by atoms with van der Waals surface area (Å²) in [6.07, 6.45) is 2.77. The van der Waals surface area contributed by atoms with Crippen LogP contribution >= 0.6 is 11.6 Å². The lowest BCUT2D eigenvalue weighted by Gasteiger charge is -2.48. The molecule has 3 rings (SSSR count). The molecule has 3 unspecified atom stereocenters. The van der Waals surface area contributed by atoms with Crippen LogP contribution in [0.4, 0.5) is 0 Å². The molecule has 0 radical (unpaired) electrons. The van der Waals surface area contributed by atoms with Gasteiger partial charge in [-0.3, -0.25) is 4.90 Å². The predicted octanol–water partition coefficient (Wildman–Crippen LogP) is 3.86. The Balaban J connectivity index is 1.79. The molecule has 1 N–H and O–H groups in total. The van der Waals surface area contributed by atoms with Crippen LogP contribution in [0.2, 0.25) is 5.02 Å². The third kappa shape index (κ3) is 2.74. The van der Waals surface area contributed by atoms with E-state index in [9.17, 15) is 0 Å². The van der Waals surface area contributed by atoms with Crippen molar-refractivity contribution in [3.05, 3.63) is 34.9 Å². The first kappa shape index (κ1) is 14.4. The van der Waals surface area contributed by atoms with Crippen LogP contribution < -0.4 is 5.32 Å². The number of halogens is 1. The number of nitrogens with zero attached hydrogens (tertiary/aromatic N) is 1. The predicted molar refractivity (Wildman–Crippen MR) is 85.2 cm³/mol. The number of piperazine rings is 1. The zero-order valence-electron chi connectivity index (χ0n) is 12.7. The molecule has 2 fully saturated rings. The van der Waals surface area contributed by atoms with Crippen molar-refractivity contribution in [2.24, 2.45) is 5.92 Å². The van der Waals surface area contributed by atoms with E-state index in [1.54, 1.807) is 0 Å². The molecular weight excluding hydrogens is 268 g/mol. The fraction of sp³-hybridized carbons (Fsp3) is 0.647. The molecule has 1 heterocycles. The summed E-state index contributed by atoms with van der Waals surface area (Å²) in [5.41, 5.74) is 1.61. The van der Waals surface area contributed by atoms with Crippen LogP contribution in [0.1, 0.15) is 45.2 Å². The lowest BCUT2D eigenvalue weighted by molar-refractivity contribution is 0.0517. The third-order valence-electron chi connectivity index (χ3n) is 5.19. The zero-order valence-corrected chi connectivity index (χ0v) is 13.5. The molecule has 0 amide bonds. The van der Waals surface area contributed by atoms with Crippen molar-refractivity contribution in [2.45, 2.75) is 51.2 Å². The minimum atomic E-state index is 0.291. The molecule has 1 saturated carbocycles. The highest BCUT2D eigenvalue weighted by molar-refractivity contribution is 6.30. The highest BCUT2D eigenvalue weighted by Gasteiger charge is 2.46. The Bertz CT molecular complexity index is 486. The SMILES string of the molecule is CC1CNC(C)(C2CC2)CN1C(C)c1cccc(Cl)c1. The summed E-state index contributed by atoms with van der Waals surface area (Å²) in [6.45, 7) is 9.24. The smallest absolute Gasteiger partial charge is 0.0409 e. The van der Waals surface area contributed by atoms with Crippen molar-refractivity contribution in [3.63, 3.8) is 0 Å². The summed E-state index contributed by atoms with van der Waals surface area (Å²) in [7, 11) is 0. The number of rotatable bonds is 3. The van der Waals surface area contributed by atoms with Crippen LogP contribution in [0, 0.1) is 5.92 Å². The normalized spacial score (nSPS) is 33.1. The molecule has 20 heavy (non-hydrogen) atoms. The van der Waals surface area contributed by atoms with E-state index in [2.05, 4.69) is 49.2 Å². The minimum absolute atomic E-state index is 0.291. The summed E-state index contributed by atoms with van der Waals surface area (Å²) < 4.78 is 0. The van der Waals surface area contributed by atoms with Crippen LogP contribution in [-0.4, -0.2) is 29.6 Å². The average molecular weight is 293 g/mol. The molecule has 1 saturated heterocycles. The summed E-state index contributed by atoms with van der Waals surface area (Å²) in [6, 6.07) is 9.29. The quantitative estimate of drug-likeness (QED) is 0.910. The van der Waals surface area contributed by atoms with E-state index in [0.717, 1.165) is 24.0 Å². The molecule has 0 bridgehead atoms. The Morgan fingerprint density at radius 2 is 2.15 bits per heavy atom. The van der Waals surface area contributed by atoms with Crippen molar-refractivity contribution in [3.8, 4) is 0 Å². The second kappa shape index (κ2) is 5.32. The first-order valence-corrected chi connectivity index (χ1v) is 8.13. The summed E-state index contributed by atoms with van der Waals surface area (Å²) in [5, 5.41) is 4.62. The largest absolute Gasteiger partial charge is 0.308 e. The highest BCUT2D eigenvalue weighted by Crippen LogP contribution is 2.42. The van der Waals surface area contributed by atoms with Crippen LogP contribution in [0.25, 0.3) is 0 Å². The van der Waals surface area contributed by atoms with Gasteiger partial charge in [0.1, 0.15) is 0 Å². The fourth-order valence-corrected chi connectivity index (χ4v) is 3.76. The van der Waals surface area contributed by atoms with Gasteiger partial charge in [0.25, 0.3) is 0 Å². The van der Waals surface area contributed by atoms with Gasteiger partial charge in [-0.05, 0) is 57.2 Å². The standard InChI is InChI=1S/C17H25ClN2/c1-12-10-19-17(3,15-7-8-15)11-20(12)13(2)14-5-4-6-16(18)9-14/h4-6,9,12-13,15,19H,7-8,10-11H2,1-3H3. The van der Waals surface area contributed by atoms with Crippen LogP contribution in [0.5, 0.6) is 0 Å². The number of hydrogen-bond donors (Lipinski definition) is 1. The Hall–Kier alpha value is -0.570. The van der Waals surface area contributed by atoms with Crippen molar-refractivity contribution >= 4 is 11.6 Å². The highest BCUT2D eigenvalue weighted by atomic mass is 35.5. The third-order valence-corrected chi connectivity index (χ3v) is 5.42. The maximum absolute atomic E-state index is 6.15. The molecule has 1 aromatic rings. The van der Waals surface area contributed by atoms with Gasteiger partial charge in [-0.25, -0.2) is 0 Å². The molecule has 1 aliphatic carbocycles. The van der Waals surface area contributed by atoms with Crippen LogP contribution in [0.15, 0.2) is 24.3 Å². The van der Waals surface area contributed by atoms with E-state index in [4.69, 9.17) is 11.6 Å². The lowest BCUT2D eigenvalue weighted by Crippen LogP contribution is -2.63. The Kier molecular flexibility index (Phi) is 3.83. The van der Waals surface area contributed by atoms with Gasteiger partial charge < -0.3 is 5.32 Å². The molecular formula is C17H25ClN2. The Labute approximate surface area is 127 Å². The first-order valence-electron chi connectivity index (χ1n) is 7.76. The van der Waals surface area contributed by atoms with Crippen molar-refractivity contribution in [1.82, 2.24) is 10.2 Å². The number of hydrogen-bond acceptors (Lipinski definition) is 2. The van der Waals surface area contributed by atoms with Gasteiger partial charge in [0, 0.05) is 35.7 Å². The maximum atomic E-state index is 6.15. The monoisotopic (exact) mass is 292 g/mol. The summed E-state index contributed by atoms with van der Waals surface area (Å²) in [4.78, 5) is 2.64. The Morgan fingerprint density at radius 3 is 2.80 bits per heavy atom. The molecule has 110 valence electrons. The fourth-order valence-electron chi connectivity index (χ4n) is 3.56. The van der Waals surface area contributed by atoms with Gasteiger partial charge in [0.05, 0.1) is 0 Å². The molecule has 2 nitrogen and oxygen atoms in total. The van der Waals surface area contributed by atoms with Crippen molar-refractivity contribution in [2.75, 3.05) is 13.1 Å². The van der Waals surface area contributed by atoms with Gasteiger partial charge in [-0.2, -0.15) is 0 Å². The van der Waals surface area contributed by atoms with Gasteiger partial charge in [-0.1, -0.05) is 23.7 Å². The topological polar surface area (TPSA) is 15.3 Å². The van der Waals surface area contributed by atoms with Crippen LogP contribution in [-0.2, 0) is 0 Å². The molecule has 2 aliphatic rings. The van der Waals surface area contributed by atoms with Gasteiger partial charge in [0.2, 0.25) is 0 Å². The molecule has 1 aromatic carbocycles. The number of benzene rings is 1. The summed E-state index contributed by atoms with van der Waals surface area (Å²) >= 11 is 6.15. The average Bonchev–Trinajstić information content (AvgIpc) is 3.26. The number of nitrogens with one attached hydrogen (secondary N) is 1. The Morgan fingerprint density at radius 1 is 1.40 bits per heavy atom. The maximum Gasteiger partial charge on any atom is 0.0409 e. The van der Waals surface area contributed by atoms with Crippen molar-refractivity contribution < 1.29 is 0 Å². The van der Waals surface area contributed by atoms with E-state index in [1.165, 1.54) is 18.4 Å². The van der Waals surface area contributed by atoms with E-state index in [1.807, 2.05) is 6.07 Å². The van der Waals surface area contributed by atoms with E-state index in [-0.39, 0.29) is 0 Å². The van der Waals surface area contributed by atoms with E-state index >= 15 is 0 Å². The zero-order chi connectivity index (χ0) is 14.3. The minimum Gasteiger partial charge on any atom is -0.308 e. The van der Waals surface area contributed by atoms with Gasteiger partial charge >= 0.3 is 0 Å². The first-order chi connectivity index (χ1) is 9.49. The lowest BCUT2D eigenvalue weighted by atomic mass is 9.89. The molecule has 3 atom stereocenters. The van der Waals surface area contributed by atoms with Gasteiger partial charge in [0.15, 0.2) is 0 Å². The molecule has 0 aromatic heterocycles.